The summed E-state index contributed by atoms with van der Waals surface area (Å²) in [5.74, 6) is -1.34. The van der Waals surface area contributed by atoms with Crippen molar-refractivity contribution in [3.63, 3.8) is 0 Å². The summed E-state index contributed by atoms with van der Waals surface area (Å²) in [5.41, 5.74) is -0.130. The van der Waals surface area contributed by atoms with E-state index in [9.17, 15) is 18.0 Å². The van der Waals surface area contributed by atoms with Crippen LogP contribution >= 0.6 is 33.9 Å². The number of carbonyl (C=O) groups is 2. The molecule has 94 valence electrons. The molecule has 0 amide bonds. The lowest BCUT2D eigenvalue weighted by molar-refractivity contribution is 0.0986. The molecule has 8 heteroatoms. The molecule has 1 aliphatic rings. The molecule has 0 N–H and O–H groups in total. The molecule has 0 radical (unpaired) electrons. The maximum Gasteiger partial charge on any atom is 0.261 e. The number of ketones is 2. The summed E-state index contributed by atoms with van der Waals surface area (Å²) in [6.45, 7) is 0. The summed E-state index contributed by atoms with van der Waals surface area (Å²) < 4.78 is 22.3. The van der Waals surface area contributed by atoms with E-state index >= 15 is 0 Å². The van der Waals surface area contributed by atoms with Crippen molar-refractivity contribution >= 4 is 54.5 Å². The average Bonchev–Trinajstić information content (AvgIpc) is 2.32. The standard InChI is InChI=1S/C10H3Cl3O4S/c11-7-8(12)10(15)6-3-4(18(13,16)17)1-2-5(6)9(7)14/h1-3H. The van der Waals surface area contributed by atoms with Gasteiger partial charge in [-0.25, -0.2) is 8.42 Å². The number of hydrogen-bond donors (Lipinski definition) is 0. The van der Waals surface area contributed by atoms with E-state index in [2.05, 4.69) is 0 Å². The van der Waals surface area contributed by atoms with Crippen LogP contribution in [0.15, 0.2) is 33.2 Å². The molecule has 1 aliphatic carbocycles. The maximum absolute atomic E-state index is 11.8. The van der Waals surface area contributed by atoms with Gasteiger partial charge in [0.25, 0.3) is 9.05 Å². The monoisotopic (exact) mass is 324 g/mol. The van der Waals surface area contributed by atoms with Gasteiger partial charge < -0.3 is 0 Å². The Labute approximate surface area is 117 Å². The van der Waals surface area contributed by atoms with Crippen molar-refractivity contribution in [1.29, 1.82) is 0 Å². The zero-order chi connectivity index (χ0) is 13.7. The number of allylic oxidation sites excluding steroid dienone is 2. The number of fused-ring (bicyclic) bond motifs is 1. The molecule has 0 bridgehead atoms. The van der Waals surface area contributed by atoms with Crippen molar-refractivity contribution in [2.24, 2.45) is 0 Å². The number of hydrogen-bond acceptors (Lipinski definition) is 4. The third-order valence-corrected chi connectivity index (χ3v) is 4.52. The van der Waals surface area contributed by atoms with E-state index in [-0.39, 0.29) is 21.1 Å². The Morgan fingerprint density at radius 3 is 1.89 bits per heavy atom. The van der Waals surface area contributed by atoms with Crippen LogP contribution in [-0.2, 0) is 9.05 Å². The quantitative estimate of drug-likeness (QED) is 0.744. The van der Waals surface area contributed by atoms with Crippen molar-refractivity contribution in [3.05, 3.63) is 39.4 Å². The molecule has 0 saturated heterocycles. The van der Waals surface area contributed by atoms with Crippen molar-refractivity contribution < 1.29 is 18.0 Å². The van der Waals surface area contributed by atoms with Crippen LogP contribution in [0.2, 0.25) is 0 Å². The first-order chi connectivity index (χ1) is 8.23. The summed E-state index contributed by atoms with van der Waals surface area (Å²) in [5, 5.41) is -0.811. The Hall–Kier alpha value is -0.880. The fourth-order valence-corrected chi connectivity index (χ4v) is 2.65. The molecule has 0 unspecified atom stereocenters. The van der Waals surface area contributed by atoms with Crippen LogP contribution in [0, 0.1) is 0 Å². The topological polar surface area (TPSA) is 68.3 Å². The lowest BCUT2D eigenvalue weighted by Gasteiger charge is -2.14. The first-order valence-electron chi connectivity index (χ1n) is 4.47. The van der Waals surface area contributed by atoms with E-state index in [0.29, 0.717) is 0 Å². The predicted octanol–water partition coefficient (Wildman–Crippen LogP) is 2.68. The molecule has 0 fully saturated rings. The molecule has 0 spiro atoms. The van der Waals surface area contributed by atoms with Gasteiger partial charge >= 0.3 is 0 Å². The van der Waals surface area contributed by atoms with E-state index in [0.717, 1.165) is 12.1 Å². The SMILES string of the molecule is O=C1C(Cl)=C(Cl)C(=O)c2cc(S(=O)(=O)Cl)ccc21. The third kappa shape index (κ3) is 2.07. The van der Waals surface area contributed by atoms with Crippen molar-refractivity contribution in [2.75, 3.05) is 0 Å². The molecular formula is C10H3Cl3O4S. The molecule has 1 aromatic carbocycles. The highest BCUT2D eigenvalue weighted by molar-refractivity contribution is 8.13. The second-order valence-corrected chi connectivity index (χ2v) is 6.75. The Kier molecular flexibility index (Phi) is 3.27. The first-order valence-corrected chi connectivity index (χ1v) is 7.53. The fraction of sp³-hybridized carbons (Fsp3) is 0. The lowest BCUT2D eigenvalue weighted by Crippen LogP contribution is -2.18. The number of rotatable bonds is 1. The van der Waals surface area contributed by atoms with Gasteiger partial charge in [-0.2, -0.15) is 0 Å². The number of carbonyl (C=O) groups excluding carboxylic acids is 2. The van der Waals surface area contributed by atoms with Crippen molar-refractivity contribution in [3.8, 4) is 0 Å². The number of benzene rings is 1. The minimum absolute atomic E-state index is 0.00142. The predicted molar refractivity (Wildman–Crippen MR) is 66.9 cm³/mol. The van der Waals surface area contributed by atoms with E-state index < -0.39 is 25.6 Å². The summed E-state index contributed by atoms with van der Waals surface area (Å²) in [7, 11) is 1.16. The smallest absolute Gasteiger partial charge is 0.261 e. The van der Waals surface area contributed by atoms with E-state index in [1.807, 2.05) is 0 Å². The molecule has 0 heterocycles. The molecule has 1 aromatic rings. The second kappa shape index (κ2) is 4.35. The molecule has 0 saturated carbocycles. The number of Topliss-reactive ketones (excluding diaryl/α,β-unsaturated/α-hetero) is 2. The molecule has 4 nitrogen and oxygen atoms in total. The van der Waals surface area contributed by atoms with Crippen molar-refractivity contribution in [1.82, 2.24) is 0 Å². The van der Waals surface area contributed by atoms with E-state index in [1.54, 1.807) is 0 Å². The highest BCUT2D eigenvalue weighted by atomic mass is 35.7. The van der Waals surface area contributed by atoms with Gasteiger partial charge in [0.15, 0.2) is 0 Å². The van der Waals surface area contributed by atoms with E-state index in [1.165, 1.54) is 6.07 Å². The van der Waals surface area contributed by atoms with Gasteiger partial charge in [-0.15, -0.1) is 0 Å². The van der Waals surface area contributed by atoms with Crippen molar-refractivity contribution in [2.45, 2.75) is 4.90 Å². The van der Waals surface area contributed by atoms with Gasteiger partial charge in [-0.1, -0.05) is 23.2 Å². The minimum Gasteiger partial charge on any atom is -0.288 e. The summed E-state index contributed by atoms with van der Waals surface area (Å²) in [6, 6.07) is 3.30. The van der Waals surface area contributed by atoms with Gasteiger partial charge in [-0.3, -0.25) is 9.59 Å². The Bertz CT molecular complexity index is 719. The molecule has 18 heavy (non-hydrogen) atoms. The average molecular weight is 326 g/mol. The second-order valence-electron chi connectivity index (χ2n) is 3.43. The highest BCUT2D eigenvalue weighted by Gasteiger charge is 2.31. The van der Waals surface area contributed by atoms with Gasteiger partial charge in [-0.05, 0) is 18.2 Å². The fourth-order valence-electron chi connectivity index (χ4n) is 1.50. The van der Waals surface area contributed by atoms with Gasteiger partial charge in [0.05, 0.1) is 4.90 Å². The molecule has 0 aromatic heterocycles. The van der Waals surface area contributed by atoms with Crippen LogP contribution < -0.4 is 0 Å². The van der Waals surface area contributed by atoms with Gasteiger partial charge in [0, 0.05) is 21.8 Å². The molecule has 0 aliphatic heterocycles. The highest BCUT2D eigenvalue weighted by Crippen LogP contribution is 2.32. The Morgan fingerprint density at radius 1 is 0.889 bits per heavy atom. The van der Waals surface area contributed by atoms with Crippen LogP contribution in [0.3, 0.4) is 0 Å². The lowest BCUT2D eigenvalue weighted by atomic mass is 9.94. The zero-order valence-corrected chi connectivity index (χ0v) is 11.5. The summed E-state index contributed by atoms with van der Waals surface area (Å²) >= 11 is 11.2. The Morgan fingerprint density at radius 2 is 1.39 bits per heavy atom. The molecular weight excluding hydrogens is 323 g/mol. The van der Waals surface area contributed by atoms with Gasteiger partial charge in [0.1, 0.15) is 10.1 Å². The third-order valence-electron chi connectivity index (χ3n) is 2.35. The van der Waals surface area contributed by atoms with Crippen LogP contribution in [0.25, 0.3) is 0 Å². The van der Waals surface area contributed by atoms with Crippen LogP contribution in [0.5, 0.6) is 0 Å². The Balaban J connectivity index is 2.74. The van der Waals surface area contributed by atoms with Gasteiger partial charge in [0.2, 0.25) is 11.6 Å². The summed E-state index contributed by atoms with van der Waals surface area (Å²) in [6.07, 6.45) is 0. The molecule has 2 rings (SSSR count). The number of halogens is 3. The maximum atomic E-state index is 11.8. The van der Waals surface area contributed by atoms with Crippen LogP contribution in [0.1, 0.15) is 20.7 Å². The normalized spacial score (nSPS) is 15.9. The molecule has 0 atom stereocenters. The summed E-state index contributed by atoms with van der Waals surface area (Å²) in [4.78, 5) is 23.2. The zero-order valence-electron chi connectivity index (χ0n) is 8.41. The first kappa shape index (κ1) is 13.5. The van der Waals surface area contributed by atoms with Crippen LogP contribution in [0.4, 0.5) is 0 Å². The van der Waals surface area contributed by atoms with Crippen LogP contribution in [-0.4, -0.2) is 20.0 Å². The minimum atomic E-state index is -3.99. The largest absolute Gasteiger partial charge is 0.288 e. The van der Waals surface area contributed by atoms with E-state index in [4.69, 9.17) is 33.9 Å².